The number of benzene rings is 1. The second-order valence-corrected chi connectivity index (χ2v) is 8.42. The van der Waals surface area contributed by atoms with E-state index in [0.717, 1.165) is 11.3 Å². The minimum absolute atomic E-state index is 0.0431. The summed E-state index contributed by atoms with van der Waals surface area (Å²) in [6.07, 6.45) is 0.286. The van der Waals surface area contributed by atoms with E-state index in [1.807, 2.05) is 32.8 Å². The fourth-order valence-electron chi connectivity index (χ4n) is 3.86. The van der Waals surface area contributed by atoms with Crippen molar-refractivity contribution < 1.29 is 14.1 Å². The molecule has 0 spiro atoms. The van der Waals surface area contributed by atoms with Crippen LogP contribution in [-0.4, -0.2) is 78.6 Å². The van der Waals surface area contributed by atoms with E-state index in [1.165, 1.54) is 11.1 Å². The Hall–Kier alpha value is -2.87. The molecular weight excluding hydrogens is 394 g/mol. The number of nitrogens with one attached hydrogen (secondary N) is 1. The van der Waals surface area contributed by atoms with Crippen LogP contribution in [0.1, 0.15) is 34.2 Å². The molecule has 1 aromatic heterocycles. The predicted octanol–water partition coefficient (Wildman–Crippen LogP) is 2.30. The topological polar surface area (TPSA) is 81.9 Å². The molecule has 168 valence electrons. The lowest BCUT2D eigenvalue weighted by atomic mass is 10.0. The minimum atomic E-state index is -0.0863. The van der Waals surface area contributed by atoms with Gasteiger partial charge in [-0.15, -0.1) is 0 Å². The number of nitrogens with zero attached hydrogens (tertiary/aromatic N) is 4. The molecule has 1 N–H and O–H groups in total. The van der Waals surface area contributed by atoms with Gasteiger partial charge in [0.2, 0.25) is 5.91 Å². The standard InChI is InChI=1S/C23H33N5O3/c1-16-6-8-19(9-7-16)21(26(4)5)15-24-23(30)28-12-10-27(11-13-28)22(29)14-20-17(2)25-31-18(20)3/h6-9,21H,10-15H2,1-5H3,(H,24,30). The fourth-order valence-corrected chi connectivity index (χ4v) is 3.86. The molecule has 8 heteroatoms. The normalized spacial score (nSPS) is 15.3. The van der Waals surface area contributed by atoms with Gasteiger partial charge in [-0.25, -0.2) is 4.79 Å². The lowest BCUT2D eigenvalue weighted by Crippen LogP contribution is -2.54. The van der Waals surface area contributed by atoms with Crippen molar-refractivity contribution in [3.05, 3.63) is 52.4 Å². The Morgan fingerprint density at radius 2 is 1.68 bits per heavy atom. The Kier molecular flexibility index (Phi) is 7.33. The molecule has 1 aromatic carbocycles. The van der Waals surface area contributed by atoms with Crippen LogP contribution < -0.4 is 5.32 Å². The Balaban J connectivity index is 1.49. The Morgan fingerprint density at radius 3 is 2.23 bits per heavy atom. The first-order valence-electron chi connectivity index (χ1n) is 10.7. The maximum Gasteiger partial charge on any atom is 0.317 e. The average molecular weight is 428 g/mol. The van der Waals surface area contributed by atoms with Gasteiger partial charge in [0.1, 0.15) is 5.76 Å². The lowest BCUT2D eigenvalue weighted by molar-refractivity contribution is -0.131. The van der Waals surface area contributed by atoms with E-state index in [2.05, 4.69) is 46.6 Å². The zero-order valence-corrected chi connectivity index (χ0v) is 19.1. The molecule has 1 saturated heterocycles. The van der Waals surface area contributed by atoms with Gasteiger partial charge < -0.3 is 24.5 Å². The van der Waals surface area contributed by atoms with Crippen LogP contribution in [0, 0.1) is 20.8 Å². The molecule has 0 aliphatic carbocycles. The van der Waals surface area contributed by atoms with Crippen LogP contribution in [0.2, 0.25) is 0 Å². The van der Waals surface area contributed by atoms with Crippen molar-refractivity contribution in [2.45, 2.75) is 33.2 Å². The SMILES string of the molecule is Cc1ccc(C(CNC(=O)N2CCN(C(=O)Cc3c(C)noc3C)CC2)N(C)C)cc1. The quantitative estimate of drug-likeness (QED) is 0.765. The Bertz CT molecular complexity index is 879. The summed E-state index contributed by atoms with van der Waals surface area (Å²) in [6.45, 7) is 8.37. The largest absolute Gasteiger partial charge is 0.361 e. The van der Waals surface area contributed by atoms with Crippen LogP contribution in [0.25, 0.3) is 0 Å². The van der Waals surface area contributed by atoms with Crippen LogP contribution in [0.4, 0.5) is 4.79 Å². The molecule has 0 saturated carbocycles. The number of likely N-dealkylation sites (N-methyl/N-ethyl adjacent to an activating group) is 1. The van der Waals surface area contributed by atoms with Gasteiger partial charge in [-0.3, -0.25) is 4.79 Å². The summed E-state index contributed by atoms with van der Waals surface area (Å²) < 4.78 is 5.15. The maximum absolute atomic E-state index is 12.7. The van der Waals surface area contributed by atoms with E-state index in [4.69, 9.17) is 4.52 Å². The third-order valence-corrected chi connectivity index (χ3v) is 5.96. The second-order valence-electron chi connectivity index (χ2n) is 8.42. The molecule has 0 radical (unpaired) electrons. The molecule has 2 heterocycles. The molecule has 1 unspecified atom stereocenters. The third-order valence-electron chi connectivity index (χ3n) is 5.96. The van der Waals surface area contributed by atoms with E-state index < -0.39 is 0 Å². The Morgan fingerprint density at radius 1 is 1.06 bits per heavy atom. The highest BCUT2D eigenvalue weighted by atomic mass is 16.5. The van der Waals surface area contributed by atoms with Crippen molar-refractivity contribution in [3.63, 3.8) is 0 Å². The van der Waals surface area contributed by atoms with E-state index in [9.17, 15) is 9.59 Å². The molecule has 1 atom stereocenters. The number of carbonyl (C=O) groups excluding carboxylic acids is 2. The van der Waals surface area contributed by atoms with Crippen molar-refractivity contribution >= 4 is 11.9 Å². The van der Waals surface area contributed by atoms with Crippen LogP contribution in [-0.2, 0) is 11.2 Å². The van der Waals surface area contributed by atoms with Crippen LogP contribution in [0.15, 0.2) is 28.8 Å². The van der Waals surface area contributed by atoms with E-state index in [1.54, 1.807) is 4.90 Å². The van der Waals surface area contributed by atoms with Gasteiger partial charge in [0.25, 0.3) is 0 Å². The van der Waals surface area contributed by atoms with Gasteiger partial charge >= 0.3 is 6.03 Å². The first-order valence-corrected chi connectivity index (χ1v) is 10.7. The summed E-state index contributed by atoms with van der Waals surface area (Å²) in [6, 6.07) is 8.41. The molecule has 1 fully saturated rings. The summed E-state index contributed by atoms with van der Waals surface area (Å²) in [5.41, 5.74) is 4.00. The van der Waals surface area contributed by atoms with Crippen LogP contribution >= 0.6 is 0 Å². The van der Waals surface area contributed by atoms with Gasteiger partial charge in [0.05, 0.1) is 18.2 Å². The molecule has 1 aliphatic rings. The van der Waals surface area contributed by atoms with Crippen molar-refractivity contribution in [1.29, 1.82) is 0 Å². The molecule has 2 aromatic rings. The van der Waals surface area contributed by atoms with Gasteiger partial charge in [-0.2, -0.15) is 0 Å². The average Bonchev–Trinajstić information content (AvgIpc) is 3.07. The van der Waals surface area contributed by atoms with E-state index >= 15 is 0 Å². The highest BCUT2D eigenvalue weighted by molar-refractivity contribution is 5.80. The molecule has 31 heavy (non-hydrogen) atoms. The Labute approximate surface area is 184 Å². The van der Waals surface area contributed by atoms with E-state index in [-0.39, 0.29) is 24.4 Å². The van der Waals surface area contributed by atoms with Crippen molar-refractivity contribution in [3.8, 4) is 0 Å². The fraction of sp³-hybridized carbons (Fsp3) is 0.522. The molecule has 3 rings (SSSR count). The van der Waals surface area contributed by atoms with Crippen LogP contribution in [0.3, 0.4) is 0 Å². The first kappa shape index (κ1) is 22.8. The molecular formula is C23H33N5O3. The highest BCUT2D eigenvalue weighted by Crippen LogP contribution is 2.18. The third kappa shape index (κ3) is 5.64. The van der Waals surface area contributed by atoms with E-state index in [0.29, 0.717) is 38.5 Å². The van der Waals surface area contributed by atoms with Crippen molar-refractivity contribution in [2.24, 2.45) is 0 Å². The number of carbonyl (C=O) groups is 2. The predicted molar refractivity (Wildman–Crippen MR) is 119 cm³/mol. The lowest BCUT2D eigenvalue weighted by Gasteiger charge is -2.35. The molecule has 0 bridgehead atoms. The van der Waals surface area contributed by atoms with Gasteiger partial charge in [0.15, 0.2) is 0 Å². The van der Waals surface area contributed by atoms with Gasteiger partial charge in [-0.1, -0.05) is 35.0 Å². The molecule has 1 aliphatic heterocycles. The summed E-state index contributed by atoms with van der Waals surface area (Å²) in [7, 11) is 4.03. The number of aryl methyl sites for hydroxylation is 3. The number of hydrogen-bond donors (Lipinski definition) is 1. The zero-order valence-electron chi connectivity index (χ0n) is 19.1. The van der Waals surface area contributed by atoms with Crippen molar-refractivity contribution in [1.82, 2.24) is 25.2 Å². The molecule has 3 amide bonds. The number of hydrogen-bond acceptors (Lipinski definition) is 5. The highest BCUT2D eigenvalue weighted by Gasteiger charge is 2.26. The summed E-state index contributed by atoms with van der Waals surface area (Å²) in [5, 5.41) is 6.98. The second kappa shape index (κ2) is 9.96. The monoisotopic (exact) mass is 427 g/mol. The summed E-state index contributed by atoms with van der Waals surface area (Å²) in [4.78, 5) is 31.1. The number of aromatic nitrogens is 1. The number of rotatable bonds is 6. The van der Waals surface area contributed by atoms with Gasteiger partial charge in [-0.05, 0) is 40.4 Å². The van der Waals surface area contributed by atoms with Gasteiger partial charge in [0, 0.05) is 38.3 Å². The smallest absolute Gasteiger partial charge is 0.317 e. The van der Waals surface area contributed by atoms with Crippen molar-refractivity contribution in [2.75, 3.05) is 46.8 Å². The number of piperazine rings is 1. The minimum Gasteiger partial charge on any atom is -0.361 e. The number of amides is 3. The summed E-state index contributed by atoms with van der Waals surface area (Å²) >= 11 is 0. The maximum atomic E-state index is 12.7. The first-order chi connectivity index (χ1) is 14.8. The summed E-state index contributed by atoms with van der Waals surface area (Å²) in [5.74, 6) is 0.731. The zero-order chi connectivity index (χ0) is 22.5. The molecule has 8 nitrogen and oxygen atoms in total. The van der Waals surface area contributed by atoms with Crippen LogP contribution in [0.5, 0.6) is 0 Å². The number of urea groups is 1.